The van der Waals surface area contributed by atoms with Crippen LogP contribution in [0.4, 0.5) is 0 Å². The van der Waals surface area contributed by atoms with Gasteiger partial charge >= 0.3 is 0 Å². The number of carbonyl (C=O) groups is 2. The molecule has 4 rings (SSSR count). The Morgan fingerprint density at radius 1 is 0.500 bits per heavy atom. The van der Waals surface area contributed by atoms with Gasteiger partial charge in [-0.25, -0.2) is 0 Å². The van der Waals surface area contributed by atoms with Gasteiger partial charge in [0.05, 0.1) is 0 Å². The molecule has 234 valence electrons. The Balaban J connectivity index is 0.000000264. The summed E-state index contributed by atoms with van der Waals surface area (Å²) in [6.45, 7) is 26.5. The van der Waals surface area contributed by atoms with E-state index in [1.807, 2.05) is 41.5 Å². The lowest BCUT2D eigenvalue weighted by Crippen LogP contribution is -2.45. The maximum Gasteiger partial charge on any atom is 0.138 e. The van der Waals surface area contributed by atoms with Crippen molar-refractivity contribution < 1.29 is 9.59 Å². The second-order valence-corrected chi connectivity index (χ2v) is 14.9. The van der Waals surface area contributed by atoms with E-state index < -0.39 is 0 Å². The molecular weight excluding hydrogens is 492 g/mol. The Hall–Kier alpha value is -0.740. The standard InChI is InChI=1S/2C17H31NO.C2H6/c2*1-13(2)16(19)15-5-7-17(8-6-15)9-11-18(12-10-17)14(3)4;1-2/h2*13-15H,5-12H2,1-4H3;1-2H3. The summed E-state index contributed by atoms with van der Waals surface area (Å²) in [4.78, 5) is 29.4. The van der Waals surface area contributed by atoms with Crippen LogP contribution in [-0.2, 0) is 9.59 Å². The van der Waals surface area contributed by atoms with Crippen LogP contribution in [0.2, 0.25) is 0 Å². The van der Waals surface area contributed by atoms with Gasteiger partial charge in [-0.2, -0.15) is 0 Å². The van der Waals surface area contributed by atoms with E-state index in [-0.39, 0.29) is 11.8 Å². The molecule has 4 fully saturated rings. The molecule has 2 spiro atoms. The minimum Gasteiger partial charge on any atom is -0.301 e. The lowest BCUT2D eigenvalue weighted by Gasteiger charge is -2.47. The number of likely N-dealkylation sites (tertiary alicyclic amines) is 2. The lowest BCUT2D eigenvalue weighted by molar-refractivity contribution is -0.128. The van der Waals surface area contributed by atoms with Crippen LogP contribution in [-0.4, -0.2) is 59.6 Å². The Labute approximate surface area is 249 Å². The molecule has 2 aliphatic carbocycles. The number of ketones is 2. The number of nitrogens with zero attached hydrogens (tertiary/aromatic N) is 2. The van der Waals surface area contributed by atoms with Crippen LogP contribution in [0.15, 0.2) is 0 Å². The van der Waals surface area contributed by atoms with Crippen molar-refractivity contribution in [2.45, 2.75) is 158 Å². The molecule has 40 heavy (non-hydrogen) atoms. The van der Waals surface area contributed by atoms with Crippen molar-refractivity contribution in [3.8, 4) is 0 Å². The van der Waals surface area contributed by atoms with Gasteiger partial charge in [0.1, 0.15) is 11.6 Å². The zero-order valence-corrected chi connectivity index (χ0v) is 28.5. The van der Waals surface area contributed by atoms with Gasteiger partial charge in [-0.3, -0.25) is 9.59 Å². The van der Waals surface area contributed by atoms with Crippen molar-refractivity contribution in [3.63, 3.8) is 0 Å². The summed E-state index contributed by atoms with van der Waals surface area (Å²) < 4.78 is 0. The van der Waals surface area contributed by atoms with Gasteiger partial charge in [-0.15, -0.1) is 0 Å². The van der Waals surface area contributed by atoms with Crippen molar-refractivity contribution in [3.05, 3.63) is 0 Å². The van der Waals surface area contributed by atoms with Crippen LogP contribution in [0.5, 0.6) is 0 Å². The van der Waals surface area contributed by atoms with E-state index in [1.54, 1.807) is 0 Å². The van der Waals surface area contributed by atoms with Gasteiger partial charge in [0, 0.05) is 35.8 Å². The molecule has 0 aromatic carbocycles. The number of piperidine rings is 2. The van der Waals surface area contributed by atoms with Gasteiger partial charge in [0.15, 0.2) is 0 Å². The third-order valence-corrected chi connectivity index (χ3v) is 11.2. The molecule has 0 radical (unpaired) electrons. The van der Waals surface area contributed by atoms with Crippen LogP contribution in [0, 0.1) is 34.5 Å². The fourth-order valence-corrected chi connectivity index (χ4v) is 8.00. The molecule has 2 saturated heterocycles. The second kappa shape index (κ2) is 16.2. The van der Waals surface area contributed by atoms with Gasteiger partial charge in [-0.05, 0) is 142 Å². The number of hydrogen-bond donors (Lipinski definition) is 0. The molecule has 2 aliphatic heterocycles. The maximum absolute atomic E-state index is 12.1. The molecule has 0 unspecified atom stereocenters. The highest BCUT2D eigenvalue weighted by Gasteiger charge is 2.41. The molecule has 4 nitrogen and oxygen atoms in total. The van der Waals surface area contributed by atoms with E-state index >= 15 is 0 Å². The minimum absolute atomic E-state index is 0.224. The van der Waals surface area contributed by atoms with Crippen molar-refractivity contribution in [2.75, 3.05) is 26.2 Å². The smallest absolute Gasteiger partial charge is 0.138 e. The van der Waals surface area contributed by atoms with Gasteiger partial charge in [0.25, 0.3) is 0 Å². The Kier molecular flexibility index (Phi) is 14.4. The van der Waals surface area contributed by atoms with Crippen LogP contribution >= 0.6 is 0 Å². The second-order valence-electron chi connectivity index (χ2n) is 14.9. The third kappa shape index (κ3) is 9.65. The summed E-state index contributed by atoms with van der Waals surface area (Å²) in [7, 11) is 0. The van der Waals surface area contributed by atoms with E-state index in [1.165, 1.54) is 77.5 Å². The van der Waals surface area contributed by atoms with Gasteiger partial charge in [0.2, 0.25) is 0 Å². The molecule has 2 saturated carbocycles. The van der Waals surface area contributed by atoms with Crippen LogP contribution < -0.4 is 0 Å². The molecule has 4 aliphatic rings. The monoisotopic (exact) mass is 561 g/mol. The summed E-state index contributed by atoms with van der Waals surface area (Å²) in [5.41, 5.74) is 1.16. The Morgan fingerprint density at radius 2 is 0.750 bits per heavy atom. The first-order chi connectivity index (χ1) is 18.9. The summed E-state index contributed by atoms with van der Waals surface area (Å²) in [6, 6.07) is 1.38. The minimum atomic E-state index is 0.224. The number of hydrogen-bond acceptors (Lipinski definition) is 4. The molecule has 0 aromatic heterocycles. The molecule has 0 aromatic rings. The summed E-state index contributed by atoms with van der Waals surface area (Å²) >= 11 is 0. The quantitative estimate of drug-likeness (QED) is 0.325. The van der Waals surface area contributed by atoms with Crippen LogP contribution in [0.3, 0.4) is 0 Å². The molecule has 0 bridgehead atoms. The first-order valence-corrected chi connectivity index (χ1v) is 17.4. The highest BCUT2D eigenvalue weighted by Crippen LogP contribution is 2.48. The summed E-state index contributed by atoms with van der Waals surface area (Å²) in [5, 5.41) is 0. The SMILES string of the molecule is CC.CC(C)C(=O)C1CCC2(CC1)CCN(C(C)C)CC2.CC(C)C(=O)C1CCC2(CC1)CCN(C(C)C)CC2. The van der Waals surface area contributed by atoms with Gasteiger partial charge < -0.3 is 9.80 Å². The van der Waals surface area contributed by atoms with Gasteiger partial charge in [-0.1, -0.05) is 41.5 Å². The third-order valence-electron chi connectivity index (χ3n) is 11.2. The van der Waals surface area contributed by atoms with Crippen molar-refractivity contribution in [1.29, 1.82) is 0 Å². The molecular formula is C36H68N2O2. The molecule has 0 N–H and O–H groups in total. The average Bonchev–Trinajstić information content (AvgIpc) is 2.95. The summed E-state index contributed by atoms with van der Waals surface area (Å²) in [6.07, 6.45) is 15.2. The maximum atomic E-state index is 12.1. The Morgan fingerprint density at radius 3 is 0.950 bits per heavy atom. The van der Waals surface area contributed by atoms with E-state index in [9.17, 15) is 9.59 Å². The average molecular weight is 561 g/mol. The van der Waals surface area contributed by atoms with Crippen LogP contribution in [0.25, 0.3) is 0 Å². The van der Waals surface area contributed by atoms with Crippen molar-refractivity contribution >= 4 is 11.6 Å². The topological polar surface area (TPSA) is 40.6 Å². The normalized spacial score (nSPS) is 25.6. The highest BCUT2D eigenvalue weighted by atomic mass is 16.1. The first-order valence-electron chi connectivity index (χ1n) is 17.4. The predicted octanol–water partition coefficient (Wildman–Crippen LogP) is 8.81. The zero-order chi connectivity index (χ0) is 30.1. The molecule has 0 amide bonds. The number of Topliss-reactive ketones (excluding diaryl/α,β-unsaturated/α-hetero) is 2. The van der Waals surface area contributed by atoms with E-state index in [0.717, 1.165) is 25.7 Å². The number of rotatable bonds is 6. The van der Waals surface area contributed by atoms with E-state index in [0.29, 0.717) is 46.3 Å². The van der Waals surface area contributed by atoms with E-state index in [2.05, 4.69) is 37.5 Å². The molecule has 2 heterocycles. The van der Waals surface area contributed by atoms with E-state index in [4.69, 9.17) is 0 Å². The fourth-order valence-electron chi connectivity index (χ4n) is 8.00. The largest absolute Gasteiger partial charge is 0.301 e. The van der Waals surface area contributed by atoms with Crippen LogP contribution in [0.1, 0.15) is 146 Å². The van der Waals surface area contributed by atoms with Crippen molar-refractivity contribution in [1.82, 2.24) is 9.80 Å². The molecule has 0 atom stereocenters. The lowest BCUT2D eigenvalue weighted by atomic mass is 9.64. The summed E-state index contributed by atoms with van der Waals surface area (Å²) in [5.74, 6) is 2.20. The first kappa shape index (κ1) is 35.5. The molecule has 4 heteroatoms. The zero-order valence-electron chi connectivity index (χ0n) is 28.5. The highest BCUT2D eigenvalue weighted by molar-refractivity contribution is 5.83. The van der Waals surface area contributed by atoms with Crippen molar-refractivity contribution in [2.24, 2.45) is 34.5 Å². The Bertz CT molecular complexity index is 671. The predicted molar refractivity (Wildman–Crippen MR) is 172 cm³/mol. The number of carbonyl (C=O) groups excluding carboxylic acids is 2. The fraction of sp³-hybridized carbons (Fsp3) is 0.944.